The van der Waals surface area contributed by atoms with E-state index < -0.39 is 0 Å². The fourth-order valence-electron chi connectivity index (χ4n) is 4.60. The summed E-state index contributed by atoms with van der Waals surface area (Å²) in [6, 6.07) is 3.82. The lowest BCUT2D eigenvalue weighted by Gasteiger charge is -2.47. The van der Waals surface area contributed by atoms with Gasteiger partial charge in [0.2, 0.25) is 5.91 Å². The fourth-order valence-corrected chi connectivity index (χ4v) is 4.60. The van der Waals surface area contributed by atoms with Gasteiger partial charge in [-0.2, -0.15) is 0 Å². The Bertz CT molecular complexity index is 819. The third-order valence-corrected chi connectivity index (χ3v) is 6.40. The summed E-state index contributed by atoms with van der Waals surface area (Å²) in [5.41, 5.74) is 2.12. The lowest BCUT2D eigenvalue weighted by atomic mass is 9.66. The minimum absolute atomic E-state index is 0.0293. The Morgan fingerprint density at radius 1 is 1.34 bits per heavy atom. The highest BCUT2D eigenvalue weighted by Crippen LogP contribution is 2.54. The van der Waals surface area contributed by atoms with E-state index in [1.54, 1.807) is 0 Å². The molecule has 2 aliphatic rings. The zero-order valence-corrected chi connectivity index (χ0v) is 18.5. The number of aromatic hydroxyl groups is 1. The van der Waals surface area contributed by atoms with Gasteiger partial charge in [0.1, 0.15) is 17.1 Å². The van der Waals surface area contributed by atoms with Gasteiger partial charge in [0, 0.05) is 35.6 Å². The Morgan fingerprint density at radius 2 is 2.03 bits per heavy atom. The van der Waals surface area contributed by atoms with Gasteiger partial charge in [0.05, 0.1) is 0 Å². The van der Waals surface area contributed by atoms with Gasteiger partial charge in [-0.15, -0.1) is 0 Å². The van der Waals surface area contributed by atoms with Crippen LogP contribution in [0, 0.1) is 5.92 Å². The number of rotatable bonds is 4. The SMILES string of the molecule is C[C@H](CCO)NC(=O)C1=CC[C@@H]2[C@@H](C1)c1c(O)cc(C(C)(C)C)cc1OC2(C)C. The molecule has 5 heteroatoms. The standard InChI is InChI=1S/C24H35NO4/c1-14(9-10-26)25-22(28)15-7-8-18-17(11-15)21-19(27)12-16(23(2,3)4)13-20(21)29-24(18,5)6/h7,12-14,17-18,26-27H,8-11H2,1-6H3,(H,25,28)/t14-,17-,18-/m1/s1. The van der Waals surface area contributed by atoms with Gasteiger partial charge in [-0.3, -0.25) is 4.79 Å². The molecule has 1 heterocycles. The Kier molecular flexibility index (Phi) is 5.74. The first-order valence-electron chi connectivity index (χ1n) is 10.6. The Labute approximate surface area is 174 Å². The van der Waals surface area contributed by atoms with Gasteiger partial charge < -0.3 is 20.3 Å². The van der Waals surface area contributed by atoms with Crippen LogP contribution in [0.25, 0.3) is 0 Å². The number of phenols is 1. The second kappa shape index (κ2) is 7.67. The van der Waals surface area contributed by atoms with E-state index in [1.807, 2.05) is 19.1 Å². The van der Waals surface area contributed by atoms with Crippen molar-refractivity contribution in [1.29, 1.82) is 0 Å². The van der Waals surface area contributed by atoms with E-state index in [0.717, 1.165) is 28.9 Å². The minimum Gasteiger partial charge on any atom is -0.508 e. The maximum atomic E-state index is 12.7. The number of allylic oxidation sites excluding steroid dienone is 1. The number of hydrogen-bond donors (Lipinski definition) is 3. The van der Waals surface area contributed by atoms with Crippen molar-refractivity contribution in [3.05, 3.63) is 34.9 Å². The van der Waals surface area contributed by atoms with Gasteiger partial charge in [-0.25, -0.2) is 0 Å². The number of benzene rings is 1. The third kappa shape index (κ3) is 4.30. The van der Waals surface area contributed by atoms with E-state index in [1.165, 1.54) is 0 Å². The molecule has 1 aromatic carbocycles. The van der Waals surface area contributed by atoms with E-state index in [-0.39, 0.29) is 47.2 Å². The van der Waals surface area contributed by atoms with Crippen LogP contribution in [0.15, 0.2) is 23.8 Å². The van der Waals surface area contributed by atoms with Crippen molar-refractivity contribution in [2.24, 2.45) is 5.92 Å². The van der Waals surface area contributed by atoms with E-state index in [4.69, 9.17) is 9.84 Å². The van der Waals surface area contributed by atoms with Crippen molar-refractivity contribution in [2.45, 2.75) is 83.8 Å². The Balaban J connectivity index is 1.95. The van der Waals surface area contributed by atoms with Crippen LogP contribution in [-0.4, -0.2) is 34.4 Å². The first-order chi connectivity index (χ1) is 13.4. The smallest absolute Gasteiger partial charge is 0.247 e. The quantitative estimate of drug-likeness (QED) is 0.708. The summed E-state index contributed by atoms with van der Waals surface area (Å²) >= 11 is 0. The first kappa shape index (κ1) is 21.7. The molecule has 3 rings (SSSR count). The van der Waals surface area contributed by atoms with Gasteiger partial charge in [0.15, 0.2) is 0 Å². The maximum absolute atomic E-state index is 12.7. The van der Waals surface area contributed by atoms with Crippen LogP contribution < -0.4 is 10.1 Å². The third-order valence-electron chi connectivity index (χ3n) is 6.40. The van der Waals surface area contributed by atoms with Crippen LogP contribution in [0.4, 0.5) is 0 Å². The van der Waals surface area contributed by atoms with Crippen molar-refractivity contribution in [2.75, 3.05) is 6.61 Å². The average Bonchev–Trinajstić information content (AvgIpc) is 2.59. The number of phenolic OH excluding ortho intramolecular Hbond substituents is 1. The fraction of sp³-hybridized carbons (Fsp3) is 0.625. The largest absolute Gasteiger partial charge is 0.508 e. The molecule has 5 nitrogen and oxygen atoms in total. The predicted octanol–water partition coefficient (Wildman–Crippen LogP) is 4.17. The highest BCUT2D eigenvalue weighted by atomic mass is 16.5. The van der Waals surface area contributed by atoms with Crippen LogP contribution in [0.1, 0.15) is 77.8 Å². The van der Waals surface area contributed by atoms with Crippen molar-refractivity contribution < 1.29 is 19.7 Å². The second-order valence-electron chi connectivity index (χ2n) is 10.1. The van der Waals surface area contributed by atoms with Gasteiger partial charge in [0.25, 0.3) is 0 Å². The molecule has 3 N–H and O–H groups in total. The molecule has 0 saturated carbocycles. The van der Waals surface area contributed by atoms with Crippen LogP contribution in [-0.2, 0) is 10.2 Å². The molecular formula is C24H35NO4. The van der Waals surface area contributed by atoms with Gasteiger partial charge in [-0.1, -0.05) is 26.8 Å². The van der Waals surface area contributed by atoms with Crippen LogP contribution in [0.3, 0.4) is 0 Å². The Hall–Kier alpha value is -2.01. The first-order valence-corrected chi connectivity index (χ1v) is 10.6. The molecule has 0 aromatic heterocycles. The zero-order chi connectivity index (χ0) is 21.6. The van der Waals surface area contributed by atoms with Crippen LogP contribution in [0.5, 0.6) is 11.5 Å². The van der Waals surface area contributed by atoms with Crippen LogP contribution in [0.2, 0.25) is 0 Å². The number of aliphatic hydroxyl groups excluding tert-OH is 1. The molecule has 0 bridgehead atoms. The molecule has 29 heavy (non-hydrogen) atoms. The molecule has 1 aliphatic carbocycles. The lowest BCUT2D eigenvalue weighted by Crippen LogP contribution is -2.46. The average molecular weight is 402 g/mol. The van der Waals surface area contributed by atoms with Gasteiger partial charge in [-0.05, 0) is 63.1 Å². The summed E-state index contributed by atoms with van der Waals surface area (Å²) < 4.78 is 6.38. The molecule has 1 aliphatic heterocycles. The number of hydrogen-bond acceptors (Lipinski definition) is 4. The number of nitrogens with one attached hydrogen (secondary N) is 1. The molecule has 1 amide bonds. The second-order valence-corrected chi connectivity index (χ2v) is 10.1. The van der Waals surface area contributed by atoms with E-state index >= 15 is 0 Å². The monoisotopic (exact) mass is 401 g/mol. The number of ether oxygens (including phenoxy) is 1. The highest BCUT2D eigenvalue weighted by molar-refractivity contribution is 5.94. The highest BCUT2D eigenvalue weighted by Gasteiger charge is 2.47. The minimum atomic E-state index is -0.386. The molecule has 0 fully saturated rings. The zero-order valence-electron chi connectivity index (χ0n) is 18.5. The summed E-state index contributed by atoms with van der Waals surface area (Å²) in [5, 5.41) is 23.0. The van der Waals surface area contributed by atoms with E-state index in [2.05, 4.69) is 46.0 Å². The lowest BCUT2D eigenvalue weighted by molar-refractivity contribution is -0.118. The number of amides is 1. The van der Waals surface area contributed by atoms with Crippen molar-refractivity contribution in [1.82, 2.24) is 5.32 Å². The molecule has 0 saturated heterocycles. The summed E-state index contributed by atoms with van der Waals surface area (Å²) in [4.78, 5) is 12.7. The number of fused-ring (bicyclic) bond motifs is 3. The number of aliphatic hydroxyl groups is 1. The molecular weight excluding hydrogens is 366 g/mol. The molecule has 160 valence electrons. The van der Waals surface area contributed by atoms with Crippen molar-refractivity contribution in [3.8, 4) is 11.5 Å². The van der Waals surface area contributed by atoms with Crippen molar-refractivity contribution in [3.63, 3.8) is 0 Å². The number of carbonyl (C=O) groups is 1. The molecule has 0 spiro atoms. The molecule has 1 aromatic rings. The predicted molar refractivity (Wildman–Crippen MR) is 114 cm³/mol. The summed E-state index contributed by atoms with van der Waals surface area (Å²) in [6.45, 7) is 12.5. The molecule has 0 radical (unpaired) electrons. The maximum Gasteiger partial charge on any atom is 0.247 e. The van der Waals surface area contributed by atoms with Crippen LogP contribution >= 0.6 is 0 Å². The molecule has 3 atom stereocenters. The Morgan fingerprint density at radius 3 is 2.66 bits per heavy atom. The van der Waals surface area contributed by atoms with E-state index in [0.29, 0.717) is 12.8 Å². The molecule has 0 unspecified atom stereocenters. The topological polar surface area (TPSA) is 78.8 Å². The van der Waals surface area contributed by atoms with Crippen molar-refractivity contribution >= 4 is 5.91 Å². The van der Waals surface area contributed by atoms with E-state index in [9.17, 15) is 9.90 Å². The summed E-state index contributed by atoms with van der Waals surface area (Å²) in [5.74, 6) is 1.13. The summed E-state index contributed by atoms with van der Waals surface area (Å²) in [6.07, 6.45) is 3.85. The van der Waals surface area contributed by atoms with Gasteiger partial charge >= 0.3 is 0 Å². The summed E-state index contributed by atoms with van der Waals surface area (Å²) in [7, 11) is 0. The number of carbonyl (C=O) groups excluding carboxylic acids is 1. The normalized spacial score (nSPS) is 23.9.